The summed E-state index contributed by atoms with van der Waals surface area (Å²) in [6.07, 6.45) is 4.14. The van der Waals surface area contributed by atoms with Gasteiger partial charge >= 0.3 is 0 Å². The normalized spacial score (nSPS) is 10.5. The minimum Gasteiger partial charge on any atom is -0.489 e. The number of ether oxygens (including phenoxy) is 1. The highest BCUT2D eigenvalue weighted by Crippen LogP contribution is 2.14. The fourth-order valence-corrected chi connectivity index (χ4v) is 2.54. The second kappa shape index (κ2) is 8.85. The van der Waals surface area contributed by atoms with Crippen molar-refractivity contribution in [3.8, 4) is 5.75 Å². The smallest absolute Gasteiger partial charge is 0.222 e. The standard InChI is InChI=1S/C21H23N3O2/c1-17-13-23-24(15-17)12-11-21(25)22-14-18-7-9-20(10-8-18)26-16-19-5-3-2-4-6-19/h2-10,13,15H,11-12,14,16H2,1H3,(H,22,25). The molecule has 0 radical (unpaired) electrons. The number of amides is 1. The molecule has 0 unspecified atom stereocenters. The Kier molecular flexibility index (Phi) is 6.04. The summed E-state index contributed by atoms with van der Waals surface area (Å²) in [6, 6.07) is 17.9. The van der Waals surface area contributed by atoms with E-state index in [9.17, 15) is 4.79 Å². The van der Waals surface area contributed by atoms with Crippen LogP contribution in [0.2, 0.25) is 0 Å². The lowest BCUT2D eigenvalue weighted by molar-refractivity contribution is -0.121. The molecule has 0 saturated carbocycles. The van der Waals surface area contributed by atoms with E-state index in [0.717, 1.165) is 22.4 Å². The van der Waals surface area contributed by atoms with Gasteiger partial charge in [0.05, 0.1) is 6.20 Å². The van der Waals surface area contributed by atoms with Gasteiger partial charge in [0.2, 0.25) is 5.91 Å². The molecule has 1 N–H and O–H groups in total. The van der Waals surface area contributed by atoms with Gasteiger partial charge in [0.15, 0.2) is 0 Å². The van der Waals surface area contributed by atoms with Crippen molar-refractivity contribution in [3.05, 3.63) is 83.7 Å². The zero-order valence-corrected chi connectivity index (χ0v) is 14.9. The number of rotatable bonds is 8. The number of aryl methyl sites for hydroxylation is 2. The molecule has 26 heavy (non-hydrogen) atoms. The van der Waals surface area contributed by atoms with Crippen LogP contribution in [0.4, 0.5) is 0 Å². The van der Waals surface area contributed by atoms with Crippen molar-refractivity contribution in [1.29, 1.82) is 0 Å². The van der Waals surface area contributed by atoms with E-state index in [1.807, 2.05) is 67.7 Å². The van der Waals surface area contributed by atoms with Crippen molar-refractivity contribution in [2.24, 2.45) is 0 Å². The van der Waals surface area contributed by atoms with Crippen molar-refractivity contribution in [1.82, 2.24) is 15.1 Å². The third-order valence-electron chi connectivity index (χ3n) is 3.99. The molecule has 1 amide bonds. The van der Waals surface area contributed by atoms with Crippen molar-refractivity contribution >= 4 is 5.91 Å². The van der Waals surface area contributed by atoms with Gasteiger partial charge in [0.1, 0.15) is 12.4 Å². The van der Waals surface area contributed by atoms with Crippen LogP contribution in [-0.2, 0) is 24.5 Å². The molecule has 3 aromatic rings. The van der Waals surface area contributed by atoms with E-state index in [1.165, 1.54) is 0 Å². The van der Waals surface area contributed by atoms with E-state index in [4.69, 9.17) is 4.74 Å². The number of nitrogens with zero attached hydrogens (tertiary/aromatic N) is 2. The Hall–Kier alpha value is -3.08. The Labute approximate surface area is 153 Å². The first kappa shape index (κ1) is 17.7. The van der Waals surface area contributed by atoms with Crippen LogP contribution >= 0.6 is 0 Å². The van der Waals surface area contributed by atoms with Crippen LogP contribution in [0.15, 0.2) is 67.0 Å². The molecule has 0 fully saturated rings. The average molecular weight is 349 g/mol. The molecule has 5 heteroatoms. The maximum Gasteiger partial charge on any atom is 0.222 e. The second-order valence-electron chi connectivity index (χ2n) is 6.23. The van der Waals surface area contributed by atoms with E-state index in [-0.39, 0.29) is 5.91 Å². The first-order valence-electron chi connectivity index (χ1n) is 8.70. The third-order valence-corrected chi connectivity index (χ3v) is 3.99. The summed E-state index contributed by atoms with van der Waals surface area (Å²) in [6.45, 7) is 3.63. The van der Waals surface area contributed by atoms with Gasteiger partial charge in [0, 0.05) is 25.7 Å². The molecule has 0 saturated heterocycles. The summed E-state index contributed by atoms with van der Waals surface area (Å²) in [5.74, 6) is 0.834. The van der Waals surface area contributed by atoms with Gasteiger partial charge < -0.3 is 10.1 Å². The highest BCUT2D eigenvalue weighted by molar-refractivity contribution is 5.75. The summed E-state index contributed by atoms with van der Waals surface area (Å²) in [4.78, 5) is 11.9. The SMILES string of the molecule is Cc1cnn(CCC(=O)NCc2ccc(OCc3ccccc3)cc2)c1. The van der Waals surface area contributed by atoms with Crippen LogP contribution in [0, 0.1) is 6.92 Å². The van der Waals surface area contributed by atoms with Gasteiger partial charge in [-0.2, -0.15) is 5.10 Å². The number of carbonyl (C=O) groups excluding carboxylic acids is 1. The number of aromatic nitrogens is 2. The van der Waals surface area contributed by atoms with Gasteiger partial charge in [-0.1, -0.05) is 42.5 Å². The number of benzene rings is 2. The molecule has 1 heterocycles. The van der Waals surface area contributed by atoms with Crippen molar-refractivity contribution < 1.29 is 9.53 Å². The van der Waals surface area contributed by atoms with E-state index in [0.29, 0.717) is 26.1 Å². The zero-order chi connectivity index (χ0) is 18.2. The lowest BCUT2D eigenvalue weighted by Gasteiger charge is -2.08. The fourth-order valence-electron chi connectivity index (χ4n) is 2.54. The average Bonchev–Trinajstić information content (AvgIpc) is 3.10. The van der Waals surface area contributed by atoms with Gasteiger partial charge in [-0.3, -0.25) is 9.48 Å². The lowest BCUT2D eigenvalue weighted by atomic mass is 10.2. The Morgan fingerprint density at radius 2 is 1.85 bits per heavy atom. The zero-order valence-electron chi connectivity index (χ0n) is 14.9. The first-order valence-corrected chi connectivity index (χ1v) is 8.70. The lowest BCUT2D eigenvalue weighted by Crippen LogP contribution is -2.24. The molecule has 3 rings (SSSR count). The minimum absolute atomic E-state index is 0.0163. The molecule has 0 aliphatic rings. The third kappa shape index (κ3) is 5.48. The highest BCUT2D eigenvalue weighted by Gasteiger charge is 2.03. The molecule has 1 aromatic heterocycles. The number of hydrogen-bond donors (Lipinski definition) is 1. The molecule has 0 aliphatic carbocycles. The molecular formula is C21H23N3O2. The summed E-state index contributed by atoms with van der Waals surface area (Å²) in [5.41, 5.74) is 3.27. The number of nitrogens with one attached hydrogen (secondary N) is 1. The molecule has 0 atom stereocenters. The molecule has 0 bridgehead atoms. The van der Waals surface area contributed by atoms with E-state index < -0.39 is 0 Å². The maximum atomic E-state index is 11.9. The molecule has 134 valence electrons. The molecule has 5 nitrogen and oxygen atoms in total. The Morgan fingerprint density at radius 1 is 1.08 bits per heavy atom. The van der Waals surface area contributed by atoms with Crippen LogP contribution in [0.3, 0.4) is 0 Å². The predicted molar refractivity (Wildman–Crippen MR) is 101 cm³/mol. The van der Waals surface area contributed by atoms with E-state index >= 15 is 0 Å². The van der Waals surface area contributed by atoms with Crippen LogP contribution in [0.1, 0.15) is 23.1 Å². The van der Waals surface area contributed by atoms with Crippen molar-refractivity contribution in [3.63, 3.8) is 0 Å². The Balaban J connectivity index is 1.40. The topological polar surface area (TPSA) is 56.2 Å². The molecule has 2 aromatic carbocycles. The van der Waals surface area contributed by atoms with Crippen LogP contribution in [0.5, 0.6) is 5.75 Å². The fraction of sp³-hybridized carbons (Fsp3) is 0.238. The molecular weight excluding hydrogens is 326 g/mol. The van der Waals surface area contributed by atoms with Crippen molar-refractivity contribution in [2.45, 2.75) is 33.0 Å². The summed E-state index contributed by atoms with van der Waals surface area (Å²) >= 11 is 0. The van der Waals surface area contributed by atoms with E-state index in [1.54, 1.807) is 10.9 Å². The quantitative estimate of drug-likeness (QED) is 0.677. The molecule has 0 spiro atoms. The van der Waals surface area contributed by atoms with Crippen molar-refractivity contribution in [2.75, 3.05) is 0 Å². The molecule has 0 aliphatic heterocycles. The monoisotopic (exact) mass is 349 g/mol. The highest BCUT2D eigenvalue weighted by atomic mass is 16.5. The Morgan fingerprint density at radius 3 is 2.54 bits per heavy atom. The predicted octanol–water partition coefficient (Wildman–Crippen LogP) is 3.48. The number of carbonyl (C=O) groups is 1. The minimum atomic E-state index is 0.0163. The summed E-state index contributed by atoms with van der Waals surface area (Å²) in [5, 5.41) is 7.11. The van der Waals surface area contributed by atoms with E-state index in [2.05, 4.69) is 10.4 Å². The van der Waals surface area contributed by atoms with Gasteiger partial charge in [-0.15, -0.1) is 0 Å². The van der Waals surface area contributed by atoms with Crippen LogP contribution in [-0.4, -0.2) is 15.7 Å². The largest absolute Gasteiger partial charge is 0.489 e. The second-order valence-corrected chi connectivity index (χ2v) is 6.23. The Bertz CT molecular complexity index is 826. The van der Waals surface area contributed by atoms with Crippen LogP contribution < -0.4 is 10.1 Å². The summed E-state index contributed by atoms with van der Waals surface area (Å²) in [7, 11) is 0. The van der Waals surface area contributed by atoms with Gasteiger partial charge in [0.25, 0.3) is 0 Å². The van der Waals surface area contributed by atoms with Gasteiger partial charge in [-0.25, -0.2) is 0 Å². The maximum absolute atomic E-state index is 11.9. The first-order chi connectivity index (χ1) is 12.7. The van der Waals surface area contributed by atoms with Gasteiger partial charge in [-0.05, 0) is 35.7 Å². The summed E-state index contributed by atoms with van der Waals surface area (Å²) < 4.78 is 7.55. The van der Waals surface area contributed by atoms with Crippen LogP contribution in [0.25, 0.3) is 0 Å². The number of hydrogen-bond acceptors (Lipinski definition) is 3.